The zero-order valence-electron chi connectivity index (χ0n) is 9.10. The molecule has 84 valence electrons. The largest absolute Gasteiger partial charge is 0.294 e. The van der Waals surface area contributed by atoms with Crippen LogP contribution in [0.4, 0.5) is 5.69 Å². The Labute approximate surface area is 93.4 Å². The number of hydrogen-bond donors (Lipinski definition) is 0. The fourth-order valence-corrected chi connectivity index (χ4v) is 1.77. The third-order valence-electron chi connectivity index (χ3n) is 2.90. The normalized spacial score (nSPS) is 14.8. The van der Waals surface area contributed by atoms with Gasteiger partial charge in [0.2, 0.25) is 0 Å². The van der Waals surface area contributed by atoms with E-state index in [1.807, 2.05) is 6.92 Å². The van der Waals surface area contributed by atoms with Crippen LogP contribution in [0.25, 0.3) is 0 Å². The van der Waals surface area contributed by atoms with Crippen molar-refractivity contribution in [2.24, 2.45) is 5.92 Å². The monoisotopic (exact) mass is 219 g/mol. The highest BCUT2D eigenvalue weighted by Gasteiger charge is 2.31. The topological polar surface area (TPSA) is 60.2 Å². The molecule has 1 fully saturated rings. The van der Waals surface area contributed by atoms with Crippen LogP contribution in [-0.4, -0.2) is 10.7 Å². The third kappa shape index (κ3) is 1.96. The summed E-state index contributed by atoms with van der Waals surface area (Å²) in [5.74, 6) is 0.151. The zero-order chi connectivity index (χ0) is 11.7. The molecule has 0 saturated heterocycles. The Balaban J connectivity index is 2.37. The second kappa shape index (κ2) is 4.04. The van der Waals surface area contributed by atoms with Crippen molar-refractivity contribution < 1.29 is 9.72 Å². The second-order valence-corrected chi connectivity index (χ2v) is 4.09. The van der Waals surface area contributed by atoms with Gasteiger partial charge in [0.05, 0.1) is 4.92 Å². The highest BCUT2D eigenvalue weighted by Crippen LogP contribution is 2.33. The molecular weight excluding hydrogens is 206 g/mol. The number of carbonyl (C=O) groups excluding carboxylic acids is 1. The van der Waals surface area contributed by atoms with E-state index < -0.39 is 4.92 Å². The van der Waals surface area contributed by atoms with E-state index in [4.69, 9.17) is 0 Å². The summed E-state index contributed by atoms with van der Waals surface area (Å²) in [4.78, 5) is 22.2. The number of aryl methyl sites for hydroxylation is 1. The molecule has 0 amide bonds. The zero-order valence-corrected chi connectivity index (χ0v) is 9.10. The highest BCUT2D eigenvalue weighted by molar-refractivity contribution is 5.99. The lowest BCUT2D eigenvalue weighted by Gasteiger charge is -2.03. The Morgan fingerprint density at radius 3 is 2.69 bits per heavy atom. The molecule has 1 aromatic rings. The van der Waals surface area contributed by atoms with Gasteiger partial charge in [0.25, 0.3) is 5.69 Å². The summed E-state index contributed by atoms with van der Waals surface area (Å²) in [7, 11) is 0. The van der Waals surface area contributed by atoms with Crippen LogP contribution in [0.2, 0.25) is 0 Å². The van der Waals surface area contributed by atoms with Crippen LogP contribution in [0.15, 0.2) is 18.2 Å². The van der Waals surface area contributed by atoms with Crippen molar-refractivity contribution in [3.05, 3.63) is 39.4 Å². The van der Waals surface area contributed by atoms with E-state index in [-0.39, 0.29) is 17.4 Å². The number of hydrogen-bond acceptors (Lipinski definition) is 3. The first kappa shape index (κ1) is 10.8. The molecule has 16 heavy (non-hydrogen) atoms. The van der Waals surface area contributed by atoms with Gasteiger partial charge in [-0.1, -0.05) is 19.1 Å². The van der Waals surface area contributed by atoms with Gasteiger partial charge in [0, 0.05) is 23.1 Å². The van der Waals surface area contributed by atoms with Gasteiger partial charge in [-0.3, -0.25) is 14.9 Å². The fraction of sp³-hybridized carbons (Fsp3) is 0.417. The van der Waals surface area contributed by atoms with Crippen LogP contribution in [0, 0.1) is 16.0 Å². The third-order valence-corrected chi connectivity index (χ3v) is 2.90. The first-order chi connectivity index (χ1) is 7.63. The van der Waals surface area contributed by atoms with Gasteiger partial charge in [0.1, 0.15) is 0 Å². The van der Waals surface area contributed by atoms with E-state index in [1.165, 1.54) is 6.07 Å². The molecule has 0 spiro atoms. The SMILES string of the molecule is CCc1ccc(C(=O)C2CC2)cc1[N+](=O)[O-]. The summed E-state index contributed by atoms with van der Waals surface area (Å²) in [6.45, 7) is 1.87. The van der Waals surface area contributed by atoms with Crippen LogP contribution < -0.4 is 0 Å². The molecule has 0 aromatic heterocycles. The van der Waals surface area contributed by atoms with Crippen LogP contribution in [0.1, 0.15) is 35.7 Å². The smallest absolute Gasteiger partial charge is 0.273 e. The number of rotatable bonds is 4. The summed E-state index contributed by atoms with van der Waals surface area (Å²) >= 11 is 0. The van der Waals surface area contributed by atoms with Crippen molar-refractivity contribution in [2.75, 3.05) is 0 Å². The minimum atomic E-state index is -0.414. The summed E-state index contributed by atoms with van der Waals surface area (Å²) in [5.41, 5.74) is 1.22. The van der Waals surface area contributed by atoms with Gasteiger partial charge in [-0.05, 0) is 19.3 Å². The Bertz CT molecular complexity index is 450. The van der Waals surface area contributed by atoms with Gasteiger partial charge >= 0.3 is 0 Å². The fourth-order valence-electron chi connectivity index (χ4n) is 1.77. The molecule has 0 atom stereocenters. The van der Waals surface area contributed by atoms with E-state index in [2.05, 4.69) is 0 Å². The summed E-state index contributed by atoms with van der Waals surface area (Å²) in [6, 6.07) is 4.81. The number of benzene rings is 1. The van der Waals surface area contributed by atoms with Crippen molar-refractivity contribution in [2.45, 2.75) is 26.2 Å². The molecule has 1 aliphatic rings. The van der Waals surface area contributed by atoms with Crippen LogP contribution in [0.5, 0.6) is 0 Å². The maximum absolute atomic E-state index is 11.8. The Morgan fingerprint density at radius 2 is 2.19 bits per heavy atom. The predicted molar refractivity (Wildman–Crippen MR) is 59.5 cm³/mol. The summed E-state index contributed by atoms with van der Waals surface area (Å²) in [6.07, 6.45) is 2.44. The Hall–Kier alpha value is -1.71. The molecule has 1 aliphatic carbocycles. The molecule has 2 rings (SSSR count). The van der Waals surface area contributed by atoms with E-state index in [0.717, 1.165) is 12.8 Å². The number of Topliss-reactive ketones (excluding diaryl/α,β-unsaturated/α-hetero) is 1. The van der Waals surface area contributed by atoms with Crippen molar-refractivity contribution >= 4 is 11.5 Å². The van der Waals surface area contributed by atoms with Crippen molar-refractivity contribution in [1.82, 2.24) is 0 Å². The molecule has 0 N–H and O–H groups in total. The minimum absolute atomic E-state index is 0.0470. The predicted octanol–water partition coefficient (Wildman–Crippen LogP) is 2.75. The number of nitro benzene ring substituents is 1. The average Bonchev–Trinajstić information content (AvgIpc) is 3.11. The first-order valence-corrected chi connectivity index (χ1v) is 5.45. The number of nitro groups is 1. The van der Waals surface area contributed by atoms with E-state index >= 15 is 0 Å². The van der Waals surface area contributed by atoms with Crippen molar-refractivity contribution in [3.63, 3.8) is 0 Å². The van der Waals surface area contributed by atoms with Crippen molar-refractivity contribution in [1.29, 1.82) is 0 Å². The number of ketones is 1. The van der Waals surface area contributed by atoms with Crippen LogP contribution >= 0.6 is 0 Å². The van der Waals surface area contributed by atoms with E-state index in [9.17, 15) is 14.9 Å². The quantitative estimate of drug-likeness (QED) is 0.444. The Kier molecular flexibility index (Phi) is 2.73. The van der Waals surface area contributed by atoms with Crippen molar-refractivity contribution in [3.8, 4) is 0 Å². The minimum Gasteiger partial charge on any atom is -0.294 e. The van der Waals surface area contributed by atoms with Gasteiger partial charge in [-0.15, -0.1) is 0 Å². The lowest BCUT2D eigenvalue weighted by molar-refractivity contribution is -0.385. The lowest BCUT2D eigenvalue weighted by Crippen LogP contribution is -2.03. The average molecular weight is 219 g/mol. The van der Waals surface area contributed by atoms with Gasteiger partial charge in [0.15, 0.2) is 5.78 Å². The highest BCUT2D eigenvalue weighted by atomic mass is 16.6. The van der Waals surface area contributed by atoms with E-state index in [0.29, 0.717) is 17.5 Å². The molecule has 1 saturated carbocycles. The maximum atomic E-state index is 11.8. The van der Waals surface area contributed by atoms with Crippen LogP contribution in [0.3, 0.4) is 0 Å². The first-order valence-electron chi connectivity index (χ1n) is 5.45. The molecular formula is C12H13NO3. The van der Waals surface area contributed by atoms with Gasteiger partial charge in [-0.25, -0.2) is 0 Å². The lowest BCUT2D eigenvalue weighted by atomic mass is 10.0. The molecule has 0 unspecified atom stereocenters. The van der Waals surface area contributed by atoms with E-state index in [1.54, 1.807) is 12.1 Å². The molecule has 0 heterocycles. The Morgan fingerprint density at radius 1 is 1.50 bits per heavy atom. The molecule has 0 aliphatic heterocycles. The van der Waals surface area contributed by atoms with Gasteiger partial charge in [-0.2, -0.15) is 0 Å². The van der Waals surface area contributed by atoms with Crippen LogP contribution in [-0.2, 0) is 6.42 Å². The standard InChI is InChI=1S/C12H13NO3/c1-2-8-3-6-10(7-11(8)13(15)16)12(14)9-4-5-9/h3,6-7,9H,2,4-5H2,1H3. The van der Waals surface area contributed by atoms with Gasteiger partial charge < -0.3 is 0 Å². The summed E-state index contributed by atoms with van der Waals surface area (Å²) in [5, 5.41) is 10.8. The molecule has 4 nitrogen and oxygen atoms in total. The molecule has 0 radical (unpaired) electrons. The molecule has 1 aromatic carbocycles. The summed E-state index contributed by atoms with van der Waals surface area (Å²) < 4.78 is 0. The maximum Gasteiger partial charge on any atom is 0.273 e. The molecule has 0 bridgehead atoms. The second-order valence-electron chi connectivity index (χ2n) is 4.09. The number of carbonyl (C=O) groups is 1. The molecule has 4 heteroatoms. The number of nitrogens with zero attached hydrogens (tertiary/aromatic N) is 1.